The van der Waals surface area contributed by atoms with Gasteiger partial charge in [-0.1, -0.05) is 110 Å². The van der Waals surface area contributed by atoms with Gasteiger partial charge >= 0.3 is 5.66 Å². The van der Waals surface area contributed by atoms with Gasteiger partial charge in [0.1, 0.15) is 11.8 Å². The number of hydrogen-bond acceptors (Lipinski definition) is 0. The van der Waals surface area contributed by atoms with Crippen molar-refractivity contribution in [2.45, 2.75) is 81.3 Å². The molecule has 0 saturated carbocycles. The first-order valence-corrected chi connectivity index (χ1v) is 16.5. The van der Waals surface area contributed by atoms with Crippen LogP contribution in [-0.2, 0) is 44.8 Å². The van der Waals surface area contributed by atoms with Crippen LogP contribution in [0, 0.1) is 12.3 Å². The molecule has 0 bridgehead atoms. The molecule has 0 amide bonds. The number of hydrogen-bond donors (Lipinski definition) is 0. The van der Waals surface area contributed by atoms with Gasteiger partial charge in [0.15, 0.2) is 12.9 Å². The molecule has 0 aliphatic carbocycles. The van der Waals surface area contributed by atoms with Crippen molar-refractivity contribution < 1.29 is 41.8 Å². The molecule has 44 heavy (non-hydrogen) atoms. The van der Waals surface area contributed by atoms with Crippen LogP contribution in [-0.4, -0.2) is 6.71 Å². The second-order valence-corrected chi connectivity index (χ2v) is 9.20. The molecule has 1 unspecified atom stereocenters. The minimum Gasteiger partial charge on any atom is -0.241 e. The van der Waals surface area contributed by atoms with E-state index in [1.54, 1.807) is 0 Å². The van der Waals surface area contributed by atoms with Gasteiger partial charge in [0.05, 0.1) is 11.8 Å². The molecule has 2 aromatic heterocycles. The second kappa shape index (κ2) is 17.6. The van der Waals surface area contributed by atoms with E-state index in [1.807, 2.05) is 81.4 Å². The molecule has 2 nitrogen and oxygen atoms in total. The van der Waals surface area contributed by atoms with E-state index in [2.05, 4.69) is 113 Å². The molecule has 1 radical (unpaired) electrons. The fraction of sp³-hybridized carbons (Fsp3) is 0.300. The van der Waals surface area contributed by atoms with Crippen molar-refractivity contribution in [1.29, 1.82) is 0 Å². The van der Waals surface area contributed by atoms with Crippen LogP contribution in [0.1, 0.15) is 91.5 Å². The van der Waals surface area contributed by atoms with Crippen LogP contribution in [0.25, 0.3) is 11.3 Å². The number of pyridine rings is 2. The Balaban J connectivity index is 0.000000563. The average molecular weight is 658 g/mol. The van der Waals surface area contributed by atoms with Gasteiger partial charge < -0.3 is 0 Å². The SMILES string of the molecule is CC.CC.CC.CC.CC.[Y].[c-]1cccc2c1C1([n+]3[c-]cccc3)c3c(ccc4c3B2c2ccccc2C4)-c2cccc[n+]21. The monoisotopic (exact) mass is 657 g/mol. The van der Waals surface area contributed by atoms with Crippen LogP contribution in [0.15, 0.2) is 103 Å². The molecule has 5 aromatic rings. The van der Waals surface area contributed by atoms with Gasteiger partial charge in [0, 0.05) is 44.8 Å². The fourth-order valence-corrected chi connectivity index (χ4v) is 6.62. The summed E-state index contributed by atoms with van der Waals surface area (Å²) >= 11 is 0. The third kappa shape index (κ3) is 5.79. The summed E-state index contributed by atoms with van der Waals surface area (Å²) in [7, 11) is 0. The number of benzene rings is 3. The number of nitrogens with zero attached hydrogens (tertiary/aromatic N) is 2. The minimum absolute atomic E-state index is 0. The normalized spacial score (nSPS) is 14.4. The maximum Gasteiger partial charge on any atom is 0.372 e. The first-order chi connectivity index (χ1) is 21.4. The Hall–Kier alpha value is -2.87. The zero-order chi connectivity index (χ0) is 31.6. The summed E-state index contributed by atoms with van der Waals surface area (Å²) in [6.45, 7) is 20.2. The standard InChI is InChI=1S/C30H19BN2.5C2H6.Y/c1-7-17-32(18-8-1)30-24-11-3-5-13-26(24)31-25-12-4-2-10-21(25)20-22-15-16-23(28(30)29(22)31)27-14-6-9-19-33(27)30;5*1-2;/h1-10,12-17,19H,20H2;5*1-2H3;. The van der Waals surface area contributed by atoms with Gasteiger partial charge in [0.25, 0.3) is 0 Å². The molecule has 1 atom stereocenters. The van der Waals surface area contributed by atoms with Crippen LogP contribution in [0.5, 0.6) is 0 Å². The summed E-state index contributed by atoms with van der Waals surface area (Å²) in [5.41, 5.74) is 11.7. The molecule has 3 aliphatic heterocycles. The van der Waals surface area contributed by atoms with Crippen LogP contribution in [0.3, 0.4) is 0 Å². The topological polar surface area (TPSA) is 7.76 Å². The van der Waals surface area contributed by atoms with Crippen molar-refractivity contribution >= 4 is 23.1 Å². The van der Waals surface area contributed by atoms with Crippen LogP contribution < -0.4 is 25.5 Å². The maximum absolute atomic E-state index is 3.72. The molecule has 0 saturated heterocycles. The molecule has 4 heteroatoms. The number of aromatic nitrogens is 2. The number of rotatable bonds is 1. The summed E-state index contributed by atoms with van der Waals surface area (Å²) in [6, 6.07) is 36.6. The summed E-state index contributed by atoms with van der Waals surface area (Å²) in [6.07, 6.45) is 8.90. The van der Waals surface area contributed by atoms with Crippen LogP contribution >= 0.6 is 0 Å². The van der Waals surface area contributed by atoms with E-state index >= 15 is 0 Å². The van der Waals surface area contributed by atoms with E-state index in [0.717, 1.165) is 6.42 Å². The fourth-order valence-electron chi connectivity index (χ4n) is 6.62. The predicted molar refractivity (Wildman–Crippen MR) is 185 cm³/mol. The van der Waals surface area contributed by atoms with E-state index < -0.39 is 5.66 Å². The summed E-state index contributed by atoms with van der Waals surface area (Å²) in [5.74, 6) is 0. The third-order valence-corrected chi connectivity index (χ3v) is 7.76. The smallest absolute Gasteiger partial charge is 0.241 e. The summed E-state index contributed by atoms with van der Waals surface area (Å²) in [5, 5.41) is 0. The van der Waals surface area contributed by atoms with Gasteiger partial charge in [-0.15, -0.1) is 16.7 Å². The van der Waals surface area contributed by atoms with Crippen molar-refractivity contribution in [1.82, 2.24) is 0 Å². The van der Waals surface area contributed by atoms with Gasteiger partial charge in [-0.3, -0.25) is 0 Å². The summed E-state index contributed by atoms with van der Waals surface area (Å²) < 4.78 is 4.69. The van der Waals surface area contributed by atoms with E-state index in [4.69, 9.17) is 0 Å². The van der Waals surface area contributed by atoms with E-state index in [-0.39, 0.29) is 39.4 Å². The maximum atomic E-state index is 3.72. The molecular weight excluding hydrogens is 608 g/mol. The quantitative estimate of drug-likeness (QED) is 0.102. The van der Waals surface area contributed by atoms with Crippen molar-refractivity contribution in [2.75, 3.05) is 0 Å². The minimum atomic E-state index is -0.544. The Kier molecular flexibility index (Phi) is 14.9. The Labute approximate surface area is 293 Å². The van der Waals surface area contributed by atoms with Crippen LogP contribution in [0.2, 0.25) is 0 Å². The van der Waals surface area contributed by atoms with Crippen molar-refractivity contribution in [3.63, 3.8) is 0 Å². The largest absolute Gasteiger partial charge is 0.372 e. The van der Waals surface area contributed by atoms with Gasteiger partial charge in [0.2, 0.25) is 5.69 Å². The van der Waals surface area contributed by atoms with Crippen LogP contribution in [0.4, 0.5) is 0 Å². The molecular formula is C40H49BN2Y. The molecule has 0 N–H and O–H groups in total. The average Bonchev–Trinajstić information content (AvgIpc) is 3.44. The van der Waals surface area contributed by atoms with Crippen molar-refractivity contribution in [3.05, 3.63) is 138 Å². The first kappa shape index (κ1) is 37.3. The van der Waals surface area contributed by atoms with Crippen molar-refractivity contribution in [3.8, 4) is 11.3 Å². The van der Waals surface area contributed by atoms with Crippen molar-refractivity contribution in [2.24, 2.45) is 0 Å². The number of fused-ring (bicyclic) bond motifs is 8. The van der Waals surface area contributed by atoms with E-state index in [0.29, 0.717) is 0 Å². The van der Waals surface area contributed by atoms with Gasteiger partial charge in [-0.2, -0.15) is 35.8 Å². The third-order valence-electron chi connectivity index (χ3n) is 7.76. The molecule has 0 fully saturated rings. The molecule has 3 aromatic carbocycles. The Morgan fingerprint density at radius 3 is 2.00 bits per heavy atom. The Morgan fingerprint density at radius 2 is 1.30 bits per heavy atom. The zero-order valence-corrected chi connectivity index (χ0v) is 31.4. The zero-order valence-electron chi connectivity index (χ0n) is 28.6. The predicted octanol–water partition coefficient (Wildman–Crippen LogP) is 7.00. The Bertz CT molecular complexity index is 1620. The van der Waals surface area contributed by atoms with E-state index in [9.17, 15) is 0 Å². The molecule has 8 rings (SSSR count). The van der Waals surface area contributed by atoms with Gasteiger partial charge in [-0.05, 0) is 35.2 Å². The first-order valence-electron chi connectivity index (χ1n) is 16.5. The molecule has 3 aliphatic rings. The Morgan fingerprint density at radius 1 is 0.636 bits per heavy atom. The molecule has 0 spiro atoms. The van der Waals surface area contributed by atoms with E-state index in [1.165, 1.54) is 49.9 Å². The van der Waals surface area contributed by atoms with Gasteiger partial charge in [-0.25, -0.2) is 4.57 Å². The molecule has 225 valence electrons. The second-order valence-electron chi connectivity index (χ2n) is 9.20. The summed E-state index contributed by atoms with van der Waals surface area (Å²) in [4.78, 5) is 0. The molecule has 5 heterocycles.